The summed E-state index contributed by atoms with van der Waals surface area (Å²) < 4.78 is 5.12. The van der Waals surface area contributed by atoms with Crippen molar-refractivity contribution in [1.29, 1.82) is 0 Å². The molecular weight excluding hydrogens is 315 g/mol. The number of hydrogen-bond donors (Lipinski definition) is 4. The minimum Gasteiger partial charge on any atom is -0.497 e. The minimum atomic E-state index is -0.280. The fourth-order valence-corrected chi connectivity index (χ4v) is 2.12. The highest BCUT2D eigenvalue weighted by Crippen LogP contribution is 2.27. The van der Waals surface area contributed by atoms with Gasteiger partial charge >= 0.3 is 0 Å². The number of halogens is 2. The molecule has 0 amide bonds. The highest BCUT2D eigenvalue weighted by molar-refractivity contribution is 5.85. The summed E-state index contributed by atoms with van der Waals surface area (Å²) in [6, 6.07) is 7.15. The first-order valence-electron chi connectivity index (χ1n) is 6.47. The van der Waals surface area contributed by atoms with Crippen molar-refractivity contribution < 1.29 is 14.9 Å². The molecule has 7 heteroatoms. The van der Waals surface area contributed by atoms with Crippen molar-refractivity contribution in [2.24, 2.45) is 11.5 Å². The molecular formula is C14H26Cl2N2O3. The summed E-state index contributed by atoms with van der Waals surface area (Å²) in [7, 11) is 1.62. The first-order valence-corrected chi connectivity index (χ1v) is 6.47. The molecule has 0 heterocycles. The van der Waals surface area contributed by atoms with E-state index < -0.39 is 0 Å². The third kappa shape index (κ3) is 7.85. The molecule has 0 spiro atoms. The highest BCUT2D eigenvalue weighted by Gasteiger charge is 2.18. The van der Waals surface area contributed by atoms with Crippen LogP contribution in [0.2, 0.25) is 0 Å². The third-order valence-corrected chi connectivity index (χ3v) is 3.23. The van der Waals surface area contributed by atoms with Gasteiger partial charge in [0, 0.05) is 12.1 Å². The lowest BCUT2D eigenvalue weighted by Gasteiger charge is -2.23. The van der Waals surface area contributed by atoms with Gasteiger partial charge in [-0.2, -0.15) is 0 Å². The quantitative estimate of drug-likeness (QED) is 0.566. The van der Waals surface area contributed by atoms with E-state index in [2.05, 4.69) is 0 Å². The van der Waals surface area contributed by atoms with Gasteiger partial charge in [0.05, 0.1) is 20.3 Å². The van der Waals surface area contributed by atoms with Crippen molar-refractivity contribution in [2.45, 2.75) is 30.8 Å². The van der Waals surface area contributed by atoms with Crippen molar-refractivity contribution in [1.82, 2.24) is 0 Å². The Hall–Kier alpha value is -0.560. The van der Waals surface area contributed by atoms with Crippen LogP contribution in [0.15, 0.2) is 24.3 Å². The van der Waals surface area contributed by atoms with Crippen LogP contribution in [0.5, 0.6) is 5.75 Å². The Labute approximate surface area is 138 Å². The fourth-order valence-electron chi connectivity index (χ4n) is 2.12. The summed E-state index contributed by atoms with van der Waals surface area (Å²) in [6.07, 6.45) is 1.27. The molecule has 0 saturated carbocycles. The van der Waals surface area contributed by atoms with Crippen LogP contribution in [0.3, 0.4) is 0 Å². The Kier molecular flexibility index (Phi) is 13.0. The molecule has 124 valence electrons. The Morgan fingerprint density at radius 1 is 0.952 bits per heavy atom. The number of nitrogens with two attached hydrogens (primary N) is 2. The molecule has 21 heavy (non-hydrogen) atoms. The molecule has 1 aromatic carbocycles. The topological polar surface area (TPSA) is 102 Å². The SMILES string of the molecule is COc1ccc(C(CC(N)CO)CC(N)CO)cc1.Cl.Cl. The molecule has 2 atom stereocenters. The number of ether oxygens (including phenoxy) is 1. The molecule has 0 aliphatic carbocycles. The summed E-state index contributed by atoms with van der Waals surface area (Å²) in [5.41, 5.74) is 12.7. The average molecular weight is 341 g/mol. The Morgan fingerprint density at radius 3 is 1.71 bits per heavy atom. The van der Waals surface area contributed by atoms with Crippen LogP contribution >= 0.6 is 24.8 Å². The van der Waals surface area contributed by atoms with E-state index in [-0.39, 0.29) is 56.0 Å². The normalized spacial score (nSPS) is 14.3. The smallest absolute Gasteiger partial charge is 0.118 e. The van der Waals surface area contributed by atoms with Crippen LogP contribution in [-0.2, 0) is 0 Å². The van der Waals surface area contributed by atoms with Crippen LogP contribution in [0.1, 0.15) is 24.3 Å². The lowest BCUT2D eigenvalue weighted by molar-refractivity contribution is 0.235. The second-order valence-corrected chi connectivity index (χ2v) is 4.83. The Morgan fingerprint density at radius 2 is 1.38 bits per heavy atom. The van der Waals surface area contributed by atoms with E-state index in [0.29, 0.717) is 12.8 Å². The van der Waals surface area contributed by atoms with Crippen LogP contribution < -0.4 is 16.2 Å². The maximum absolute atomic E-state index is 9.08. The molecule has 0 saturated heterocycles. The van der Waals surface area contributed by atoms with Crippen molar-refractivity contribution in [3.8, 4) is 5.75 Å². The van der Waals surface area contributed by atoms with Gasteiger partial charge in [-0.25, -0.2) is 0 Å². The molecule has 0 fully saturated rings. The maximum Gasteiger partial charge on any atom is 0.118 e. The molecule has 1 rings (SSSR count). The fraction of sp³-hybridized carbons (Fsp3) is 0.571. The molecule has 2 unspecified atom stereocenters. The van der Waals surface area contributed by atoms with Crippen LogP contribution in [0, 0.1) is 0 Å². The number of aliphatic hydroxyl groups excluding tert-OH is 2. The number of hydrogen-bond acceptors (Lipinski definition) is 5. The van der Waals surface area contributed by atoms with Crippen LogP contribution in [0.4, 0.5) is 0 Å². The Bertz CT molecular complexity index is 354. The van der Waals surface area contributed by atoms with Gasteiger partial charge in [0.1, 0.15) is 5.75 Å². The van der Waals surface area contributed by atoms with Gasteiger partial charge in [-0.3, -0.25) is 0 Å². The number of aliphatic hydroxyl groups is 2. The van der Waals surface area contributed by atoms with E-state index in [0.717, 1.165) is 11.3 Å². The van der Waals surface area contributed by atoms with Gasteiger partial charge < -0.3 is 26.4 Å². The van der Waals surface area contributed by atoms with Crippen molar-refractivity contribution in [3.05, 3.63) is 29.8 Å². The number of methoxy groups -OCH3 is 1. The largest absolute Gasteiger partial charge is 0.497 e. The average Bonchev–Trinajstić information content (AvgIpc) is 2.46. The van der Waals surface area contributed by atoms with Crippen molar-refractivity contribution in [2.75, 3.05) is 20.3 Å². The second kappa shape index (κ2) is 12.0. The van der Waals surface area contributed by atoms with Gasteiger partial charge in [-0.15, -0.1) is 24.8 Å². The second-order valence-electron chi connectivity index (χ2n) is 4.83. The van der Waals surface area contributed by atoms with E-state index in [9.17, 15) is 0 Å². The lowest BCUT2D eigenvalue weighted by Crippen LogP contribution is -2.31. The predicted molar refractivity (Wildman–Crippen MR) is 89.6 cm³/mol. The van der Waals surface area contributed by atoms with Gasteiger partial charge in [0.2, 0.25) is 0 Å². The van der Waals surface area contributed by atoms with Gasteiger partial charge in [-0.1, -0.05) is 12.1 Å². The molecule has 0 bridgehead atoms. The first kappa shape index (κ1) is 22.7. The zero-order valence-corrected chi connectivity index (χ0v) is 13.8. The van der Waals surface area contributed by atoms with E-state index in [1.54, 1.807) is 7.11 Å². The van der Waals surface area contributed by atoms with Crippen molar-refractivity contribution in [3.63, 3.8) is 0 Å². The van der Waals surface area contributed by atoms with E-state index in [1.165, 1.54) is 0 Å². The number of rotatable bonds is 8. The first-order chi connectivity index (χ1) is 9.10. The van der Waals surface area contributed by atoms with E-state index in [4.69, 9.17) is 26.4 Å². The highest BCUT2D eigenvalue weighted by atomic mass is 35.5. The van der Waals surface area contributed by atoms with Crippen LogP contribution in [0.25, 0.3) is 0 Å². The zero-order valence-electron chi connectivity index (χ0n) is 12.1. The standard InChI is InChI=1S/C14H24N2O3.2ClH/c1-19-14-4-2-10(3-5-14)11(6-12(15)8-17)7-13(16)9-18;;/h2-5,11-13,17-18H,6-9,15-16H2,1H3;2*1H. The van der Waals surface area contributed by atoms with Gasteiger partial charge in [0.25, 0.3) is 0 Å². The monoisotopic (exact) mass is 340 g/mol. The third-order valence-electron chi connectivity index (χ3n) is 3.23. The van der Waals surface area contributed by atoms with Crippen LogP contribution in [-0.4, -0.2) is 42.6 Å². The molecule has 6 N–H and O–H groups in total. The molecule has 0 radical (unpaired) electrons. The van der Waals surface area contributed by atoms with Crippen molar-refractivity contribution >= 4 is 24.8 Å². The molecule has 0 aliphatic rings. The summed E-state index contributed by atoms with van der Waals surface area (Å²) in [4.78, 5) is 0. The summed E-state index contributed by atoms with van der Waals surface area (Å²) in [5.74, 6) is 0.913. The van der Waals surface area contributed by atoms with Gasteiger partial charge in [0.15, 0.2) is 0 Å². The van der Waals surface area contributed by atoms with E-state index >= 15 is 0 Å². The number of benzene rings is 1. The summed E-state index contributed by atoms with van der Waals surface area (Å²) in [6.45, 7) is -0.109. The summed E-state index contributed by atoms with van der Waals surface area (Å²) >= 11 is 0. The zero-order chi connectivity index (χ0) is 14.3. The maximum atomic E-state index is 9.08. The Balaban J connectivity index is 0. The molecule has 0 aliphatic heterocycles. The minimum absolute atomic E-state index is 0. The molecule has 0 aromatic heterocycles. The lowest BCUT2D eigenvalue weighted by atomic mass is 9.87. The molecule has 1 aromatic rings. The summed E-state index contributed by atoms with van der Waals surface area (Å²) in [5, 5.41) is 18.2. The predicted octanol–water partition coefficient (Wildman–Crippen LogP) is 1.04. The van der Waals surface area contributed by atoms with Gasteiger partial charge in [-0.05, 0) is 36.5 Å². The van der Waals surface area contributed by atoms with E-state index in [1.807, 2.05) is 24.3 Å². The molecule has 5 nitrogen and oxygen atoms in total.